The molecular weight excluding hydrogens is 430 g/mol. The number of rotatable bonds is 5. The van der Waals surface area contributed by atoms with Gasteiger partial charge in [0.25, 0.3) is 5.56 Å². The van der Waals surface area contributed by atoms with E-state index in [0.717, 1.165) is 29.7 Å². The van der Waals surface area contributed by atoms with Gasteiger partial charge < -0.3 is 5.32 Å². The van der Waals surface area contributed by atoms with Crippen LogP contribution in [0.2, 0.25) is 5.02 Å². The highest BCUT2D eigenvalue weighted by atomic mass is 35.5. The number of hydrogen-bond donors (Lipinski definition) is 1. The van der Waals surface area contributed by atoms with Crippen molar-refractivity contribution in [3.05, 3.63) is 75.0 Å². The summed E-state index contributed by atoms with van der Waals surface area (Å²) in [5.74, 6) is -0.0212. The van der Waals surface area contributed by atoms with Gasteiger partial charge in [-0.1, -0.05) is 61.5 Å². The van der Waals surface area contributed by atoms with Crippen molar-refractivity contribution in [2.75, 3.05) is 11.1 Å². The van der Waals surface area contributed by atoms with Crippen molar-refractivity contribution in [3.8, 4) is 11.3 Å². The molecule has 7 heteroatoms. The summed E-state index contributed by atoms with van der Waals surface area (Å²) in [5.41, 5.74) is 4.10. The molecule has 0 saturated heterocycles. The number of nitrogens with zero attached hydrogens (tertiary/aromatic N) is 2. The van der Waals surface area contributed by atoms with E-state index in [1.165, 1.54) is 17.3 Å². The fourth-order valence-corrected chi connectivity index (χ4v) is 4.92. The van der Waals surface area contributed by atoms with Gasteiger partial charge in [0.05, 0.1) is 17.0 Å². The number of hydrogen-bond acceptors (Lipinski definition) is 4. The molecular formula is C24H24ClN3O2S. The third kappa shape index (κ3) is 4.14. The van der Waals surface area contributed by atoms with E-state index >= 15 is 0 Å². The molecule has 0 fully saturated rings. The van der Waals surface area contributed by atoms with Crippen molar-refractivity contribution < 1.29 is 4.79 Å². The lowest BCUT2D eigenvalue weighted by molar-refractivity contribution is -0.113. The summed E-state index contributed by atoms with van der Waals surface area (Å²) in [4.78, 5) is 30.7. The second-order valence-corrected chi connectivity index (χ2v) is 9.45. The number of carbonyl (C=O) groups excluding carboxylic acids is 1. The lowest BCUT2D eigenvalue weighted by Gasteiger charge is -2.35. The highest BCUT2D eigenvalue weighted by molar-refractivity contribution is 7.99. The molecule has 1 N–H and O–H groups in total. The van der Waals surface area contributed by atoms with Crippen LogP contribution in [0.25, 0.3) is 11.3 Å². The zero-order valence-corrected chi connectivity index (χ0v) is 19.3. The highest BCUT2D eigenvalue weighted by Gasteiger charge is 2.37. The Hall–Kier alpha value is -2.57. The molecule has 31 heavy (non-hydrogen) atoms. The molecule has 1 atom stereocenters. The first-order valence-electron chi connectivity index (χ1n) is 10.2. The van der Waals surface area contributed by atoms with Crippen LogP contribution in [0.3, 0.4) is 0 Å². The van der Waals surface area contributed by atoms with E-state index in [0.29, 0.717) is 15.9 Å². The number of thioether (sulfide) groups is 1. The number of halogens is 1. The summed E-state index contributed by atoms with van der Waals surface area (Å²) in [6, 6.07) is 15.1. The van der Waals surface area contributed by atoms with Gasteiger partial charge in [-0.2, -0.15) is 0 Å². The maximum Gasteiger partial charge on any atom is 0.258 e. The smallest absolute Gasteiger partial charge is 0.258 e. The van der Waals surface area contributed by atoms with Gasteiger partial charge in [0, 0.05) is 28.7 Å². The molecule has 5 nitrogen and oxygen atoms in total. The average Bonchev–Trinajstić information content (AvgIpc) is 2.76. The first-order chi connectivity index (χ1) is 14.8. The fraction of sp³-hybridized carbons (Fsp3) is 0.292. The van der Waals surface area contributed by atoms with Crippen molar-refractivity contribution in [3.63, 3.8) is 0 Å². The van der Waals surface area contributed by atoms with Crippen molar-refractivity contribution in [2.24, 2.45) is 7.05 Å². The van der Waals surface area contributed by atoms with Crippen LogP contribution in [0.4, 0.5) is 5.69 Å². The maximum absolute atomic E-state index is 13.4. The van der Waals surface area contributed by atoms with E-state index in [1.54, 1.807) is 35.9 Å². The first kappa shape index (κ1) is 21.7. The summed E-state index contributed by atoms with van der Waals surface area (Å²) in [5, 5.41) is 3.98. The standard InChI is InChI=1S/C24H24ClN3O2S/c1-4-24(2)13-15-7-5-6-8-18(15)21-20(24)22(30)28(3)23(27-21)31-14-19(29)26-17-11-9-16(25)10-12-17/h5-12H,4,13-14H2,1-3H3,(H,26,29)/t24-/m1/s1. The molecule has 1 aromatic heterocycles. The molecule has 1 heterocycles. The van der Waals surface area contributed by atoms with Gasteiger partial charge in [-0.15, -0.1) is 0 Å². The molecule has 0 bridgehead atoms. The number of carbonyl (C=O) groups is 1. The average molecular weight is 454 g/mol. The zero-order valence-electron chi connectivity index (χ0n) is 17.7. The molecule has 1 aliphatic rings. The number of benzene rings is 2. The number of aromatic nitrogens is 2. The van der Waals surface area contributed by atoms with Gasteiger partial charge in [-0.05, 0) is 42.7 Å². The molecule has 2 aromatic carbocycles. The number of amides is 1. The van der Waals surface area contributed by atoms with Crippen LogP contribution in [0.15, 0.2) is 58.5 Å². The normalized spacial score (nSPS) is 17.0. The Kier molecular flexibility index (Phi) is 5.95. The summed E-state index contributed by atoms with van der Waals surface area (Å²) in [6.45, 7) is 4.25. The summed E-state index contributed by atoms with van der Waals surface area (Å²) in [7, 11) is 1.73. The molecule has 0 unspecified atom stereocenters. The Morgan fingerprint density at radius 2 is 1.94 bits per heavy atom. The maximum atomic E-state index is 13.4. The monoisotopic (exact) mass is 453 g/mol. The largest absolute Gasteiger partial charge is 0.325 e. The molecule has 3 aromatic rings. The van der Waals surface area contributed by atoms with Gasteiger partial charge in [0.2, 0.25) is 5.91 Å². The second-order valence-electron chi connectivity index (χ2n) is 8.07. The lowest BCUT2D eigenvalue weighted by atomic mass is 9.69. The predicted octanol–water partition coefficient (Wildman–Crippen LogP) is 5.06. The van der Waals surface area contributed by atoms with E-state index < -0.39 is 0 Å². The van der Waals surface area contributed by atoms with E-state index in [4.69, 9.17) is 16.6 Å². The van der Waals surface area contributed by atoms with Crippen LogP contribution in [-0.2, 0) is 23.7 Å². The second kappa shape index (κ2) is 8.52. The molecule has 1 aliphatic carbocycles. The van der Waals surface area contributed by atoms with Crippen molar-refractivity contribution in [1.29, 1.82) is 0 Å². The molecule has 0 spiro atoms. The Balaban J connectivity index is 1.65. The Morgan fingerprint density at radius 1 is 1.23 bits per heavy atom. The molecule has 0 radical (unpaired) electrons. The predicted molar refractivity (Wildman–Crippen MR) is 127 cm³/mol. The molecule has 1 amide bonds. The van der Waals surface area contributed by atoms with Crippen molar-refractivity contribution >= 4 is 35.0 Å². The minimum absolute atomic E-state index is 0.0375. The molecule has 0 saturated carbocycles. The van der Waals surface area contributed by atoms with Gasteiger partial charge in [0.15, 0.2) is 5.16 Å². The summed E-state index contributed by atoms with van der Waals surface area (Å²) in [6.07, 6.45) is 1.67. The first-order valence-corrected chi connectivity index (χ1v) is 11.6. The Bertz CT molecular complexity index is 1210. The van der Waals surface area contributed by atoms with Gasteiger partial charge in [0.1, 0.15) is 0 Å². The fourth-order valence-electron chi connectivity index (χ4n) is 4.03. The minimum Gasteiger partial charge on any atom is -0.325 e. The van der Waals surface area contributed by atoms with Gasteiger partial charge in [-0.3, -0.25) is 14.2 Å². The molecule has 0 aliphatic heterocycles. The zero-order chi connectivity index (χ0) is 22.2. The quantitative estimate of drug-likeness (QED) is 0.433. The van der Waals surface area contributed by atoms with Crippen molar-refractivity contribution in [1.82, 2.24) is 9.55 Å². The number of fused-ring (bicyclic) bond motifs is 3. The van der Waals surface area contributed by atoms with Crippen LogP contribution in [0.5, 0.6) is 0 Å². The van der Waals surface area contributed by atoms with Crippen LogP contribution >= 0.6 is 23.4 Å². The molecule has 160 valence electrons. The Labute approximate surface area is 190 Å². The third-order valence-electron chi connectivity index (χ3n) is 5.95. The van der Waals surface area contributed by atoms with Crippen LogP contribution < -0.4 is 10.9 Å². The summed E-state index contributed by atoms with van der Waals surface area (Å²) < 4.78 is 1.57. The Morgan fingerprint density at radius 3 is 2.65 bits per heavy atom. The van der Waals surface area contributed by atoms with Crippen LogP contribution in [-0.4, -0.2) is 21.2 Å². The van der Waals surface area contributed by atoms with Gasteiger partial charge >= 0.3 is 0 Å². The highest BCUT2D eigenvalue weighted by Crippen LogP contribution is 2.42. The topological polar surface area (TPSA) is 64.0 Å². The van der Waals surface area contributed by atoms with Crippen LogP contribution in [0.1, 0.15) is 31.4 Å². The van der Waals surface area contributed by atoms with E-state index in [1.807, 2.05) is 18.2 Å². The molecule has 4 rings (SSSR count). The SMILES string of the molecule is CC[C@]1(C)Cc2ccccc2-c2nc(SCC(=O)Nc3ccc(Cl)cc3)n(C)c(=O)c21. The van der Waals surface area contributed by atoms with E-state index in [2.05, 4.69) is 25.2 Å². The third-order valence-corrected chi connectivity index (χ3v) is 7.23. The lowest BCUT2D eigenvalue weighted by Crippen LogP contribution is -2.39. The number of anilines is 1. The number of nitrogens with one attached hydrogen (secondary N) is 1. The van der Waals surface area contributed by atoms with Gasteiger partial charge in [-0.25, -0.2) is 4.98 Å². The van der Waals surface area contributed by atoms with E-state index in [-0.39, 0.29) is 22.6 Å². The van der Waals surface area contributed by atoms with Crippen LogP contribution in [0, 0.1) is 0 Å². The van der Waals surface area contributed by atoms with E-state index in [9.17, 15) is 9.59 Å². The van der Waals surface area contributed by atoms with Crippen molar-refractivity contribution in [2.45, 2.75) is 37.3 Å². The minimum atomic E-state index is -0.263. The summed E-state index contributed by atoms with van der Waals surface area (Å²) >= 11 is 7.15.